The Labute approximate surface area is 405 Å². The first kappa shape index (κ1) is 45.1. The van der Waals surface area contributed by atoms with E-state index in [9.17, 15) is 19.2 Å². The SMILES string of the molecule is CN(C)C[C@@H]1CCn2cc(c3ccccc32)C2=C(C(=O)NC2=O)c2cn(c3ccccc23)CCO1.CN(C)C[C@@H]1CCn2cc(c3ccccc32)C2=C(C(=O)NC2=O)c2cn(c3ccccc23)CCO1. The lowest BCUT2D eigenvalue weighted by atomic mass is 9.95. The fourth-order valence-corrected chi connectivity index (χ4v) is 10.9. The van der Waals surface area contributed by atoms with E-state index in [4.69, 9.17) is 9.47 Å². The van der Waals surface area contributed by atoms with Crippen molar-refractivity contribution in [2.24, 2.45) is 0 Å². The largest absolute Gasteiger partial charge is 0.375 e. The average Bonchev–Trinajstić information content (AvgIpc) is 4.19. The molecule has 0 unspecified atom stereocenters. The van der Waals surface area contributed by atoms with Gasteiger partial charge in [-0.1, -0.05) is 72.8 Å². The van der Waals surface area contributed by atoms with Crippen molar-refractivity contribution in [3.05, 3.63) is 144 Å². The lowest BCUT2D eigenvalue weighted by Crippen LogP contribution is -2.30. The first-order chi connectivity index (χ1) is 34.0. The van der Waals surface area contributed by atoms with Crippen LogP contribution in [0, 0.1) is 0 Å². The van der Waals surface area contributed by atoms with Crippen LogP contribution in [0.4, 0.5) is 0 Å². The third-order valence-electron chi connectivity index (χ3n) is 14.0. The minimum absolute atomic E-state index is 0.0741. The predicted molar refractivity (Wildman–Crippen MR) is 274 cm³/mol. The lowest BCUT2D eigenvalue weighted by Gasteiger charge is -2.22. The number of rotatable bonds is 4. The van der Waals surface area contributed by atoms with Crippen molar-refractivity contribution >= 4 is 89.5 Å². The van der Waals surface area contributed by atoms with Crippen LogP contribution in [0.25, 0.3) is 65.9 Å². The molecule has 4 aliphatic heterocycles. The Morgan fingerprint density at radius 1 is 0.429 bits per heavy atom. The van der Waals surface area contributed by atoms with E-state index < -0.39 is 0 Å². The van der Waals surface area contributed by atoms with Gasteiger partial charge in [-0.05, 0) is 65.3 Å². The van der Waals surface area contributed by atoms with Gasteiger partial charge in [0, 0.05) is 130 Å². The van der Waals surface area contributed by atoms with Gasteiger partial charge in [0.2, 0.25) is 0 Å². The van der Waals surface area contributed by atoms with Gasteiger partial charge in [-0.15, -0.1) is 0 Å². The fourth-order valence-electron chi connectivity index (χ4n) is 10.9. The molecule has 4 aromatic carbocycles. The molecule has 14 nitrogen and oxygen atoms in total. The van der Waals surface area contributed by atoms with E-state index in [-0.39, 0.29) is 35.8 Å². The van der Waals surface area contributed by atoms with Crippen molar-refractivity contribution < 1.29 is 28.7 Å². The molecular weight excluding hydrogens is 881 g/mol. The van der Waals surface area contributed by atoms with Crippen LogP contribution in [0.3, 0.4) is 0 Å². The Kier molecular flexibility index (Phi) is 11.9. The topological polar surface area (TPSA) is 137 Å². The zero-order chi connectivity index (χ0) is 48.2. The molecule has 4 aromatic heterocycles. The zero-order valence-electron chi connectivity index (χ0n) is 39.9. The van der Waals surface area contributed by atoms with Gasteiger partial charge >= 0.3 is 0 Å². The highest BCUT2D eigenvalue weighted by Crippen LogP contribution is 2.41. The summed E-state index contributed by atoms with van der Waals surface area (Å²) in [6, 6.07) is 32.2. The number of benzene rings is 4. The fraction of sp³-hybridized carbons (Fsp3) is 0.286. The summed E-state index contributed by atoms with van der Waals surface area (Å²) in [6.45, 7) is 5.61. The second kappa shape index (κ2) is 18.5. The minimum Gasteiger partial charge on any atom is -0.375 e. The molecule has 0 radical (unpaired) electrons. The summed E-state index contributed by atoms with van der Waals surface area (Å²) >= 11 is 0. The molecule has 0 fully saturated rings. The second-order valence-electron chi connectivity index (χ2n) is 19.2. The van der Waals surface area contributed by atoms with Crippen LogP contribution >= 0.6 is 0 Å². The number of nitrogens with zero attached hydrogens (tertiary/aromatic N) is 6. The van der Waals surface area contributed by atoms with E-state index in [1.807, 2.05) is 97.6 Å². The average molecular weight is 937 g/mol. The maximum atomic E-state index is 13.2. The van der Waals surface area contributed by atoms with E-state index in [0.717, 1.165) is 105 Å². The molecule has 8 heterocycles. The highest BCUT2D eigenvalue weighted by atomic mass is 16.5. The van der Waals surface area contributed by atoms with E-state index in [0.29, 0.717) is 48.6 Å². The zero-order valence-corrected chi connectivity index (χ0v) is 39.9. The van der Waals surface area contributed by atoms with E-state index in [1.165, 1.54) is 0 Å². The maximum absolute atomic E-state index is 13.2. The van der Waals surface area contributed by atoms with Gasteiger partial charge in [-0.25, -0.2) is 0 Å². The van der Waals surface area contributed by atoms with Gasteiger partial charge in [0.05, 0.1) is 47.7 Å². The van der Waals surface area contributed by atoms with Gasteiger partial charge in [-0.2, -0.15) is 0 Å². The molecule has 2 atom stereocenters. The quantitative estimate of drug-likeness (QED) is 0.180. The monoisotopic (exact) mass is 936 g/mol. The molecule has 2 N–H and O–H groups in total. The third-order valence-corrected chi connectivity index (χ3v) is 14.0. The van der Waals surface area contributed by atoms with Gasteiger partial charge in [0.1, 0.15) is 0 Å². The van der Waals surface area contributed by atoms with Crippen molar-refractivity contribution in [2.75, 3.05) is 54.5 Å². The molecule has 8 aromatic rings. The minimum atomic E-state index is -0.348. The lowest BCUT2D eigenvalue weighted by molar-refractivity contribution is -0.124. The summed E-state index contributed by atoms with van der Waals surface area (Å²) in [5, 5.41) is 8.97. The number of carbonyl (C=O) groups is 4. The van der Waals surface area contributed by atoms with Gasteiger partial charge in [-0.3, -0.25) is 29.8 Å². The summed E-state index contributed by atoms with van der Waals surface area (Å²) in [4.78, 5) is 57.1. The number of carbonyl (C=O) groups excluding carboxylic acids is 4. The number of imide groups is 2. The van der Waals surface area contributed by atoms with E-state index >= 15 is 0 Å². The number of likely N-dealkylation sites (N-methyl/N-ethyl adjacent to an activating group) is 2. The van der Waals surface area contributed by atoms with Crippen LogP contribution < -0.4 is 10.6 Å². The highest BCUT2D eigenvalue weighted by molar-refractivity contribution is 6.51. The summed E-state index contributed by atoms with van der Waals surface area (Å²) in [7, 11) is 8.25. The van der Waals surface area contributed by atoms with Gasteiger partial charge in [0.25, 0.3) is 23.6 Å². The number of aromatic nitrogens is 4. The number of fused-ring (bicyclic) bond motifs is 24. The molecule has 8 bridgehead atoms. The van der Waals surface area contributed by atoms with Crippen molar-refractivity contribution in [2.45, 2.75) is 51.2 Å². The number of para-hydroxylation sites is 4. The van der Waals surface area contributed by atoms with Crippen molar-refractivity contribution in [1.82, 2.24) is 38.7 Å². The number of hydrogen-bond donors (Lipinski definition) is 2. The molecule has 0 saturated heterocycles. The summed E-state index contributed by atoms with van der Waals surface area (Å²) in [6.07, 6.45) is 9.86. The molecule has 0 aliphatic carbocycles. The predicted octanol–water partition coefficient (Wildman–Crippen LogP) is 7.03. The standard InChI is InChI=1S/2C28H28N4O3/c2*1-30(2)15-18-11-12-31-16-21(19-7-3-5-9-23(19)31)25-26(28(34)29-27(25)33)22-17-32(13-14-35-18)24-10-6-4-8-20(22)24/h2*3-10,16-18H,11-15H2,1-2H3,(H,29,33,34)/t2*18-/m00/s1. The van der Waals surface area contributed by atoms with Crippen LogP contribution in [-0.2, 0) is 54.8 Å². The van der Waals surface area contributed by atoms with Gasteiger partial charge in [0.15, 0.2) is 0 Å². The molecule has 70 heavy (non-hydrogen) atoms. The molecule has 4 amide bonds. The first-order valence-corrected chi connectivity index (χ1v) is 24.1. The summed E-state index contributed by atoms with van der Waals surface area (Å²) in [5.41, 5.74) is 9.04. The molecule has 0 spiro atoms. The smallest absolute Gasteiger partial charge is 0.259 e. The van der Waals surface area contributed by atoms with Gasteiger partial charge < -0.3 is 37.5 Å². The highest BCUT2D eigenvalue weighted by Gasteiger charge is 2.37. The normalized spacial score (nSPS) is 18.9. The molecular formula is C56H56N8O6. The number of amides is 4. The van der Waals surface area contributed by atoms with Crippen molar-refractivity contribution in [3.8, 4) is 0 Å². The van der Waals surface area contributed by atoms with Crippen LogP contribution in [0.15, 0.2) is 122 Å². The van der Waals surface area contributed by atoms with E-state index in [1.54, 1.807) is 0 Å². The van der Waals surface area contributed by atoms with Crippen LogP contribution in [-0.4, -0.2) is 118 Å². The molecule has 14 heteroatoms. The van der Waals surface area contributed by atoms with Crippen molar-refractivity contribution in [3.63, 3.8) is 0 Å². The summed E-state index contributed by atoms with van der Waals surface area (Å²) in [5.74, 6) is -1.38. The molecule has 356 valence electrons. The molecule has 12 rings (SSSR count). The molecule has 0 saturated carbocycles. The first-order valence-electron chi connectivity index (χ1n) is 24.1. The maximum Gasteiger partial charge on any atom is 0.259 e. The summed E-state index contributed by atoms with van der Waals surface area (Å²) < 4.78 is 21.4. The Hall–Kier alpha value is -7.36. The Morgan fingerprint density at radius 2 is 0.700 bits per heavy atom. The second-order valence-corrected chi connectivity index (χ2v) is 19.2. The molecule has 4 aliphatic rings. The number of nitrogens with one attached hydrogen (secondary N) is 2. The Balaban J connectivity index is 0.000000152. The van der Waals surface area contributed by atoms with Crippen LogP contribution in [0.2, 0.25) is 0 Å². The van der Waals surface area contributed by atoms with Crippen LogP contribution in [0.5, 0.6) is 0 Å². The van der Waals surface area contributed by atoms with E-state index in [2.05, 4.69) is 91.2 Å². The number of ether oxygens (including phenoxy) is 2. The number of hydrogen-bond acceptors (Lipinski definition) is 8. The Bertz CT molecular complexity index is 3240. The number of aryl methyl sites for hydroxylation is 2. The van der Waals surface area contributed by atoms with Crippen LogP contribution in [0.1, 0.15) is 35.1 Å². The Morgan fingerprint density at radius 3 is 0.986 bits per heavy atom. The van der Waals surface area contributed by atoms with Crippen molar-refractivity contribution in [1.29, 1.82) is 0 Å². The third kappa shape index (κ3) is 8.15.